The molecule has 1 aliphatic heterocycles. The molecule has 2 fully saturated rings. The predicted octanol–water partition coefficient (Wildman–Crippen LogP) is -4.09. The average Bonchev–Trinajstić information content (AvgIpc) is 2.49. The zero-order valence-corrected chi connectivity index (χ0v) is 11.8. The molecule has 0 aromatic heterocycles. The minimum atomic E-state index is -1.34. The largest absolute Gasteiger partial charge is 0.390 e. The molecule has 0 radical (unpaired) electrons. The average molecular weight is 306 g/mol. The fourth-order valence-corrected chi connectivity index (χ4v) is 2.81. The Hall–Kier alpha value is -0.360. The van der Waals surface area contributed by atoms with Gasteiger partial charge in [-0.1, -0.05) is 0 Å². The van der Waals surface area contributed by atoms with E-state index in [1.807, 2.05) is 0 Å². The van der Waals surface area contributed by atoms with E-state index in [4.69, 9.17) is 32.4 Å². The van der Waals surface area contributed by atoms with E-state index in [0.29, 0.717) is 13.0 Å². The van der Waals surface area contributed by atoms with Crippen LogP contribution >= 0.6 is 0 Å². The van der Waals surface area contributed by atoms with Crippen molar-refractivity contribution in [1.82, 2.24) is 0 Å². The summed E-state index contributed by atoms with van der Waals surface area (Å²) in [7, 11) is 0. The van der Waals surface area contributed by atoms with Gasteiger partial charge in [0.2, 0.25) is 0 Å². The lowest BCUT2D eigenvalue weighted by molar-refractivity contribution is -0.260. The van der Waals surface area contributed by atoms with Crippen molar-refractivity contribution in [2.24, 2.45) is 22.9 Å². The summed E-state index contributed by atoms with van der Waals surface area (Å²) in [5.41, 5.74) is 23.0. The number of ether oxygens (including phenoxy) is 2. The second-order valence-corrected chi connectivity index (χ2v) is 5.83. The molecule has 9 nitrogen and oxygen atoms in total. The van der Waals surface area contributed by atoms with Crippen LogP contribution in [-0.2, 0) is 9.47 Å². The Morgan fingerprint density at radius 1 is 0.952 bits per heavy atom. The van der Waals surface area contributed by atoms with Crippen molar-refractivity contribution in [3.8, 4) is 0 Å². The van der Waals surface area contributed by atoms with Gasteiger partial charge in [-0.25, -0.2) is 0 Å². The van der Waals surface area contributed by atoms with Crippen molar-refractivity contribution in [1.29, 1.82) is 0 Å². The summed E-state index contributed by atoms with van der Waals surface area (Å²) in [4.78, 5) is 0. The second-order valence-electron chi connectivity index (χ2n) is 5.83. The van der Waals surface area contributed by atoms with E-state index in [2.05, 4.69) is 0 Å². The van der Waals surface area contributed by atoms with E-state index in [-0.39, 0.29) is 6.10 Å². The number of rotatable bonds is 3. The Morgan fingerprint density at radius 3 is 2.24 bits per heavy atom. The minimum Gasteiger partial charge on any atom is -0.390 e. The van der Waals surface area contributed by atoms with Crippen LogP contribution in [0.2, 0.25) is 0 Å². The first-order valence-electron chi connectivity index (χ1n) is 7.18. The maximum atomic E-state index is 10.1. The lowest BCUT2D eigenvalue weighted by atomic mass is 9.82. The molecule has 1 heterocycles. The van der Waals surface area contributed by atoms with E-state index in [1.54, 1.807) is 0 Å². The number of nitrogens with two attached hydrogens (primary N) is 4. The fraction of sp³-hybridized carbons (Fsp3) is 1.00. The Morgan fingerprint density at radius 2 is 1.62 bits per heavy atom. The van der Waals surface area contributed by atoms with E-state index in [9.17, 15) is 15.3 Å². The van der Waals surface area contributed by atoms with Crippen molar-refractivity contribution in [3.63, 3.8) is 0 Å². The SMILES string of the molecule is NCC1CCC(N)[C@H](OC2C(O)[C@H](O)[C@H](N)C(O)[C@@H]2N)O1. The Balaban J connectivity index is 2.06. The lowest BCUT2D eigenvalue weighted by Gasteiger charge is -2.45. The van der Waals surface area contributed by atoms with Crippen molar-refractivity contribution < 1.29 is 24.8 Å². The Kier molecular flexibility index (Phi) is 5.52. The number of hydrogen-bond donors (Lipinski definition) is 7. The molecule has 2 rings (SSSR count). The van der Waals surface area contributed by atoms with Crippen molar-refractivity contribution >= 4 is 0 Å². The molecule has 5 unspecified atom stereocenters. The number of aliphatic hydroxyl groups excluding tert-OH is 3. The van der Waals surface area contributed by atoms with Gasteiger partial charge in [0, 0.05) is 6.54 Å². The van der Waals surface area contributed by atoms with Gasteiger partial charge in [-0.2, -0.15) is 0 Å². The summed E-state index contributed by atoms with van der Waals surface area (Å²) < 4.78 is 11.2. The van der Waals surface area contributed by atoms with Crippen LogP contribution in [0.25, 0.3) is 0 Å². The predicted molar refractivity (Wildman–Crippen MR) is 73.8 cm³/mol. The molecule has 0 amide bonds. The van der Waals surface area contributed by atoms with E-state index < -0.39 is 48.8 Å². The van der Waals surface area contributed by atoms with Crippen LogP contribution in [-0.4, -0.2) is 76.8 Å². The molecule has 21 heavy (non-hydrogen) atoms. The third-order valence-electron chi connectivity index (χ3n) is 4.30. The molecule has 1 saturated carbocycles. The Labute approximate surface area is 123 Å². The molecule has 1 saturated heterocycles. The van der Waals surface area contributed by atoms with Crippen LogP contribution < -0.4 is 22.9 Å². The van der Waals surface area contributed by atoms with Gasteiger partial charge in [0.15, 0.2) is 6.29 Å². The highest BCUT2D eigenvalue weighted by molar-refractivity contribution is 5.03. The quantitative estimate of drug-likeness (QED) is 0.272. The minimum absolute atomic E-state index is 0.177. The molecule has 0 spiro atoms. The molecule has 124 valence electrons. The molecule has 11 N–H and O–H groups in total. The van der Waals surface area contributed by atoms with Crippen LogP contribution in [0, 0.1) is 0 Å². The van der Waals surface area contributed by atoms with E-state index in [0.717, 1.165) is 6.42 Å². The number of hydrogen-bond acceptors (Lipinski definition) is 9. The standard InChI is InChI=1S/C12H26N4O5/c13-3-4-1-2-5(14)12(20-4)21-11-7(16)8(17)6(15)9(18)10(11)19/h4-12,17-19H,1-3,13-16H2/t4?,5?,6-,7+,8?,9-,10?,11?,12+/m1/s1. The summed E-state index contributed by atoms with van der Waals surface area (Å²) in [6.45, 7) is 0.335. The summed E-state index contributed by atoms with van der Waals surface area (Å²) in [6, 6.07) is -2.38. The molecular weight excluding hydrogens is 280 g/mol. The first kappa shape index (κ1) is 17.0. The molecule has 0 bridgehead atoms. The zero-order valence-electron chi connectivity index (χ0n) is 11.8. The maximum Gasteiger partial charge on any atom is 0.173 e. The highest BCUT2D eigenvalue weighted by Gasteiger charge is 2.48. The first-order chi connectivity index (χ1) is 9.86. The molecule has 0 aromatic carbocycles. The van der Waals surface area contributed by atoms with Gasteiger partial charge < -0.3 is 47.7 Å². The van der Waals surface area contributed by atoms with Crippen molar-refractivity contribution in [3.05, 3.63) is 0 Å². The molecule has 9 heteroatoms. The van der Waals surface area contributed by atoms with Gasteiger partial charge in [-0.15, -0.1) is 0 Å². The zero-order chi connectivity index (χ0) is 15.7. The Bertz CT molecular complexity index is 334. The lowest BCUT2D eigenvalue weighted by Crippen LogP contribution is -2.70. The van der Waals surface area contributed by atoms with Crippen molar-refractivity contribution in [2.75, 3.05) is 6.54 Å². The number of aliphatic hydroxyl groups is 3. The third-order valence-corrected chi connectivity index (χ3v) is 4.30. The van der Waals surface area contributed by atoms with Crippen LogP contribution in [0.5, 0.6) is 0 Å². The van der Waals surface area contributed by atoms with Crippen LogP contribution in [0.1, 0.15) is 12.8 Å². The van der Waals surface area contributed by atoms with E-state index in [1.165, 1.54) is 0 Å². The summed E-state index contributed by atoms with van der Waals surface area (Å²) in [5, 5.41) is 29.8. The highest BCUT2D eigenvalue weighted by atomic mass is 16.7. The first-order valence-corrected chi connectivity index (χ1v) is 7.18. The fourth-order valence-electron chi connectivity index (χ4n) is 2.81. The normalized spacial score (nSPS) is 51.9. The molecule has 1 aliphatic carbocycles. The van der Waals surface area contributed by atoms with Gasteiger partial charge in [0.25, 0.3) is 0 Å². The van der Waals surface area contributed by atoms with Gasteiger partial charge in [-0.3, -0.25) is 0 Å². The molecule has 9 atom stereocenters. The van der Waals surface area contributed by atoms with Crippen LogP contribution in [0.15, 0.2) is 0 Å². The van der Waals surface area contributed by atoms with Crippen molar-refractivity contribution in [2.45, 2.75) is 67.8 Å². The maximum absolute atomic E-state index is 10.1. The molecule has 0 aromatic rings. The highest BCUT2D eigenvalue weighted by Crippen LogP contribution is 2.26. The van der Waals surface area contributed by atoms with Crippen LogP contribution in [0.3, 0.4) is 0 Å². The van der Waals surface area contributed by atoms with Gasteiger partial charge >= 0.3 is 0 Å². The third kappa shape index (κ3) is 3.36. The van der Waals surface area contributed by atoms with Gasteiger partial charge in [0.05, 0.1) is 30.3 Å². The monoisotopic (exact) mass is 306 g/mol. The topological polar surface area (TPSA) is 183 Å². The van der Waals surface area contributed by atoms with E-state index >= 15 is 0 Å². The summed E-state index contributed by atoms with van der Waals surface area (Å²) in [6.07, 6.45) is -4.47. The summed E-state index contributed by atoms with van der Waals surface area (Å²) >= 11 is 0. The smallest absolute Gasteiger partial charge is 0.173 e. The van der Waals surface area contributed by atoms with Crippen LogP contribution in [0.4, 0.5) is 0 Å². The molecular formula is C12H26N4O5. The molecule has 2 aliphatic rings. The second kappa shape index (κ2) is 6.82. The summed E-state index contributed by atoms with van der Waals surface area (Å²) in [5.74, 6) is 0. The van der Waals surface area contributed by atoms with Gasteiger partial charge in [-0.05, 0) is 12.8 Å². The van der Waals surface area contributed by atoms with Gasteiger partial charge in [0.1, 0.15) is 18.3 Å².